The molecule has 0 aliphatic carbocycles. The molecule has 1 N–H and O–H groups in total. The molecule has 0 aromatic heterocycles. The number of oxime groups is 1. The van der Waals surface area contributed by atoms with E-state index in [1.807, 2.05) is 30.5 Å². The number of carbonyl (C=O) groups excluding carboxylic acids is 2. The largest absolute Gasteiger partial charge is 0.497 e. The highest BCUT2D eigenvalue weighted by atomic mass is 32.2. The zero-order chi connectivity index (χ0) is 18.9. The van der Waals surface area contributed by atoms with Gasteiger partial charge in [-0.25, -0.2) is 4.79 Å². The predicted molar refractivity (Wildman–Crippen MR) is 101 cm³/mol. The summed E-state index contributed by atoms with van der Waals surface area (Å²) in [5.41, 5.74) is 1.80. The lowest BCUT2D eigenvalue weighted by Gasteiger charge is -2.17. The molecule has 1 aromatic carbocycles. The Kier molecular flexibility index (Phi) is 7.77. The zero-order valence-corrected chi connectivity index (χ0v) is 16.0. The second-order valence-electron chi connectivity index (χ2n) is 5.85. The van der Waals surface area contributed by atoms with Crippen molar-refractivity contribution in [1.82, 2.24) is 5.32 Å². The predicted octanol–water partition coefficient (Wildman–Crippen LogP) is 1.79. The Morgan fingerprint density at radius 2 is 2.23 bits per heavy atom. The second-order valence-corrected chi connectivity index (χ2v) is 6.84. The molecule has 1 heterocycles. The third kappa shape index (κ3) is 5.66. The summed E-state index contributed by atoms with van der Waals surface area (Å²) in [7, 11) is 2.92. The molecule has 0 unspecified atom stereocenters. The average Bonchev–Trinajstić information content (AvgIpc) is 3.13. The molecule has 1 aromatic rings. The summed E-state index contributed by atoms with van der Waals surface area (Å²) in [6.45, 7) is 0. The minimum atomic E-state index is -0.725. The van der Waals surface area contributed by atoms with E-state index in [2.05, 4.69) is 10.5 Å². The molecule has 0 saturated heterocycles. The Bertz CT molecular complexity index is 665. The monoisotopic (exact) mass is 380 g/mol. The summed E-state index contributed by atoms with van der Waals surface area (Å²) in [5, 5.41) is 6.72. The molecule has 1 aliphatic rings. The summed E-state index contributed by atoms with van der Waals surface area (Å²) >= 11 is 1.60. The number of benzene rings is 1. The van der Waals surface area contributed by atoms with Gasteiger partial charge in [0.1, 0.15) is 11.8 Å². The van der Waals surface area contributed by atoms with E-state index >= 15 is 0 Å². The molecule has 142 valence electrons. The fraction of sp³-hybridized carbons (Fsp3) is 0.500. The van der Waals surface area contributed by atoms with E-state index in [0.717, 1.165) is 22.8 Å². The molecule has 1 amide bonds. The van der Waals surface area contributed by atoms with E-state index in [-0.39, 0.29) is 5.91 Å². The van der Waals surface area contributed by atoms with Gasteiger partial charge < -0.3 is 19.6 Å². The minimum Gasteiger partial charge on any atom is -0.497 e. The van der Waals surface area contributed by atoms with Crippen LogP contribution in [0.2, 0.25) is 0 Å². The molecule has 7 nitrogen and oxygen atoms in total. The molecular formula is C18H24N2O5S. The van der Waals surface area contributed by atoms with Crippen molar-refractivity contribution < 1.29 is 23.9 Å². The number of hydrogen-bond acceptors (Lipinski definition) is 7. The summed E-state index contributed by atoms with van der Waals surface area (Å²) in [6, 6.07) is 6.99. The number of carbonyl (C=O) groups is 2. The van der Waals surface area contributed by atoms with Gasteiger partial charge in [-0.1, -0.05) is 17.3 Å². The first-order chi connectivity index (χ1) is 12.6. The van der Waals surface area contributed by atoms with Gasteiger partial charge in [0.05, 0.1) is 19.9 Å². The van der Waals surface area contributed by atoms with Gasteiger partial charge in [-0.2, -0.15) is 11.8 Å². The Balaban J connectivity index is 1.89. The Labute approximate surface area is 157 Å². The number of esters is 1. The van der Waals surface area contributed by atoms with Crippen LogP contribution in [0.5, 0.6) is 5.75 Å². The Morgan fingerprint density at radius 3 is 2.92 bits per heavy atom. The zero-order valence-electron chi connectivity index (χ0n) is 15.2. The number of methoxy groups -OCH3 is 2. The first kappa shape index (κ1) is 20.1. The van der Waals surface area contributed by atoms with Gasteiger partial charge in [0, 0.05) is 12.8 Å². The van der Waals surface area contributed by atoms with Gasteiger partial charge in [-0.15, -0.1) is 0 Å². The fourth-order valence-corrected chi connectivity index (χ4v) is 3.05. The van der Waals surface area contributed by atoms with E-state index in [0.29, 0.717) is 19.3 Å². The van der Waals surface area contributed by atoms with Gasteiger partial charge in [0.2, 0.25) is 6.10 Å². The minimum absolute atomic E-state index is 0.356. The highest BCUT2D eigenvalue weighted by Gasteiger charge is 2.31. The van der Waals surface area contributed by atoms with Crippen LogP contribution in [0.4, 0.5) is 0 Å². The van der Waals surface area contributed by atoms with E-state index in [1.54, 1.807) is 18.9 Å². The van der Waals surface area contributed by atoms with Crippen molar-refractivity contribution in [3.8, 4) is 5.75 Å². The van der Waals surface area contributed by atoms with Crippen molar-refractivity contribution in [2.24, 2.45) is 5.16 Å². The smallest absolute Gasteiger partial charge is 0.328 e. The first-order valence-corrected chi connectivity index (χ1v) is 9.68. The second kappa shape index (κ2) is 10.1. The third-order valence-electron chi connectivity index (χ3n) is 3.98. The topological polar surface area (TPSA) is 86.2 Å². The number of nitrogens with zero attached hydrogens (tertiary/aromatic N) is 1. The van der Waals surface area contributed by atoms with Crippen LogP contribution in [0.1, 0.15) is 18.4 Å². The highest BCUT2D eigenvalue weighted by molar-refractivity contribution is 7.98. The standard InChI is InChI=1S/C18H24N2O5S/c1-23-14-6-4-5-12(10-14)9-13-11-16(25-20-13)17(21)19-15(7-8-26-3)18(22)24-2/h4-6,10,15-16H,7-9,11H2,1-3H3,(H,19,21)/t15-,16+/m1/s1. The molecule has 2 atom stereocenters. The molecule has 0 spiro atoms. The molecule has 1 aliphatic heterocycles. The van der Waals surface area contributed by atoms with Gasteiger partial charge in [-0.05, 0) is 36.1 Å². The summed E-state index contributed by atoms with van der Waals surface area (Å²) in [4.78, 5) is 29.5. The van der Waals surface area contributed by atoms with Crippen molar-refractivity contribution in [2.45, 2.75) is 31.4 Å². The Hall–Kier alpha value is -2.22. The number of hydrogen-bond donors (Lipinski definition) is 1. The molecule has 0 bridgehead atoms. The maximum atomic E-state index is 12.4. The van der Waals surface area contributed by atoms with Crippen LogP contribution in [-0.4, -0.2) is 56.0 Å². The third-order valence-corrected chi connectivity index (χ3v) is 4.62. The normalized spacial score (nSPS) is 17.0. The molecule has 8 heteroatoms. The van der Waals surface area contributed by atoms with Crippen LogP contribution in [0.25, 0.3) is 0 Å². The van der Waals surface area contributed by atoms with Gasteiger partial charge >= 0.3 is 5.97 Å². The van der Waals surface area contributed by atoms with Crippen LogP contribution in [0, 0.1) is 0 Å². The van der Waals surface area contributed by atoms with Gasteiger partial charge in [0.15, 0.2) is 0 Å². The van der Waals surface area contributed by atoms with Crippen molar-refractivity contribution in [1.29, 1.82) is 0 Å². The number of ether oxygens (including phenoxy) is 2. The lowest BCUT2D eigenvalue weighted by Crippen LogP contribution is -2.46. The van der Waals surface area contributed by atoms with Crippen molar-refractivity contribution in [2.75, 3.05) is 26.2 Å². The summed E-state index contributed by atoms with van der Waals surface area (Å²) in [5.74, 6) is 0.697. The average molecular weight is 380 g/mol. The van der Waals surface area contributed by atoms with Crippen LogP contribution in [-0.2, 0) is 25.6 Å². The maximum absolute atomic E-state index is 12.4. The first-order valence-electron chi connectivity index (χ1n) is 8.29. The fourth-order valence-electron chi connectivity index (χ4n) is 2.58. The molecule has 2 rings (SSSR count). The quantitative estimate of drug-likeness (QED) is 0.658. The van der Waals surface area contributed by atoms with Crippen molar-refractivity contribution in [3.05, 3.63) is 29.8 Å². The van der Waals surface area contributed by atoms with Crippen LogP contribution < -0.4 is 10.1 Å². The molecule has 26 heavy (non-hydrogen) atoms. The van der Waals surface area contributed by atoms with Crippen molar-refractivity contribution >= 4 is 29.4 Å². The van der Waals surface area contributed by atoms with Crippen LogP contribution in [0.3, 0.4) is 0 Å². The lowest BCUT2D eigenvalue weighted by molar-refractivity contribution is -0.146. The highest BCUT2D eigenvalue weighted by Crippen LogP contribution is 2.18. The molecule has 0 saturated carbocycles. The molecule has 0 radical (unpaired) electrons. The van der Waals surface area contributed by atoms with Crippen LogP contribution >= 0.6 is 11.8 Å². The van der Waals surface area contributed by atoms with Gasteiger partial charge in [0.25, 0.3) is 5.91 Å². The van der Waals surface area contributed by atoms with Crippen LogP contribution in [0.15, 0.2) is 29.4 Å². The SMILES string of the molecule is COC(=O)[C@@H](CCSC)NC(=O)[C@@H]1CC(Cc2cccc(OC)c2)=NO1. The summed E-state index contributed by atoms with van der Waals surface area (Å²) in [6.07, 6.45) is 2.68. The number of nitrogens with one attached hydrogen (secondary N) is 1. The number of amides is 1. The lowest BCUT2D eigenvalue weighted by atomic mass is 10.0. The van der Waals surface area contributed by atoms with E-state index < -0.39 is 18.1 Å². The van der Waals surface area contributed by atoms with E-state index in [9.17, 15) is 9.59 Å². The maximum Gasteiger partial charge on any atom is 0.328 e. The molecule has 0 fully saturated rings. The van der Waals surface area contributed by atoms with E-state index in [1.165, 1.54) is 7.11 Å². The summed E-state index contributed by atoms with van der Waals surface area (Å²) < 4.78 is 9.96. The molecular weight excluding hydrogens is 356 g/mol. The van der Waals surface area contributed by atoms with E-state index in [4.69, 9.17) is 14.3 Å². The Morgan fingerprint density at radius 1 is 1.42 bits per heavy atom. The number of thioether (sulfide) groups is 1. The number of rotatable bonds is 9. The van der Waals surface area contributed by atoms with Gasteiger partial charge in [-0.3, -0.25) is 4.79 Å². The van der Waals surface area contributed by atoms with Crippen molar-refractivity contribution in [3.63, 3.8) is 0 Å².